The van der Waals surface area contributed by atoms with Crippen molar-refractivity contribution in [1.82, 2.24) is 0 Å². The zero-order valence-corrected chi connectivity index (χ0v) is 14.6. The number of rotatable bonds is 5. The van der Waals surface area contributed by atoms with Gasteiger partial charge < -0.3 is 0 Å². The van der Waals surface area contributed by atoms with Crippen molar-refractivity contribution in [3.05, 3.63) is 35.4 Å². The molecule has 2 rings (SSSR count). The van der Waals surface area contributed by atoms with Crippen LogP contribution in [0.1, 0.15) is 96.1 Å². The van der Waals surface area contributed by atoms with E-state index in [0.29, 0.717) is 0 Å². The highest BCUT2D eigenvalue weighted by atomic mass is 14.3. The van der Waals surface area contributed by atoms with E-state index in [0.717, 1.165) is 11.8 Å². The van der Waals surface area contributed by atoms with Crippen LogP contribution in [0.5, 0.6) is 0 Å². The lowest BCUT2D eigenvalue weighted by Gasteiger charge is -2.29. The minimum atomic E-state index is 0.273. The maximum absolute atomic E-state index is 2.39. The lowest BCUT2D eigenvalue weighted by atomic mass is 9.76. The standard InChI is InChI=1S/C21H34/c1-5-6-7-8-17-9-11-18(12-10-17)19-13-15-20(16-14-19)21(2,3)4/h13-18H,5-12H2,1-4H3. The molecule has 1 aliphatic rings. The van der Waals surface area contributed by atoms with Gasteiger partial charge in [-0.05, 0) is 54.1 Å². The zero-order chi connectivity index (χ0) is 15.3. The first kappa shape index (κ1) is 16.6. The summed E-state index contributed by atoms with van der Waals surface area (Å²) in [5.74, 6) is 1.84. The Morgan fingerprint density at radius 2 is 1.52 bits per heavy atom. The Morgan fingerprint density at radius 3 is 2.05 bits per heavy atom. The van der Waals surface area contributed by atoms with Crippen LogP contribution >= 0.6 is 0 Å². The molecule has 1 aromatic carbocycles. The smallest absolute Gasteiger partial charge is 0.0132 e. The summed E-state index contributed by atoms with van der Waals surface area (Å²) < 4.78 is 0. The normalized spacial score (nSPS) is 23.2. The lowest BCUT2D eigenvalue weighted by molar-refractivity contribution is 0.302. The molecule has 1 aromatic rings. The first-order valence-electron chi connectivity index (χ1n) is 9.11. The van der Waals surface area contributed by atoms with E-state index in [1.54, 1.807) is 5.56 Å². The van der Waals surface area contributed by atoms with Crippen LogP contribution in [0.25, 0.3) is 0 Å². The number of hydrogen-bond acceptors (Lipinski definition) is 0. The summed E-state index contributed by atoms with van der Waals surface area (Å²) in [5, 5.41) is 0. The SMILES string of the molecule is CCCCCC1CCC(c2ccc(C(C)(C)C)cc2)CC1. The monoisotopic (exact) mass is 286 g/mol. The molecular weight excluding hydrogens is 252 g/mol. The van der Waals surface area contributed by atoms with E-state index in [4.69, 9.17) is 0 Å². The van der Waals surface area contributed by atoms with Crippen molar-refractivity contribution < 1.29 is 0 Å². The Morgan fingerprint density at radius 1 is 0.905 bits per heavy atom. The van der Waals surface area contributed by atoms with Gasteiger partial charge in [0.1, 0.15) is 0 Å². The Balaban J connectivity index is 1.85. The molecule has 118 valence electrons. The van der Waals surface area contributed by atoms with Crippen molar-refractivity contribution >= 4 is 0 Å². The first-order valence-corrected chi connectivity index (χ1v) is 9.11. The van der Waals surface area contributed by atoms with Gasteiger partial charge in [0.05, 0.1) is 0 Å². The molecule has 0 unspecified atom stereocenters. The van der Waals surface area contributed by atoms with Gasteiger partial charge in [-0.25, -0.2) is 0 Å². The van der Waals surface area contributed by atoms with Crippen molar-refractivity contribution in [3.8, 4) is 0 Å². The molecule has 0 N–H and O–H groups in total. The van der Waals surface area contributed by atoms with E-state index in [-0.39, 0.29) is 5.41 Å². The van der Waals surface area contributed by atoms with Gasteiger partial charge in [-0.2, -0.15) is 0 Å². The summed E-state index contributed by atoms with van der Waals surface area (Å²) >= 11 is 0. The third-order valence-corrected chi connectivity index (χ3v) is 5.31. The third-order valence-electron chi connectivity index (χ3n) is 5.31. The van der Waals surface area contributed by atoms with Gasteiger partial charge in [0.15, 0.2) is 0 Å². The minimum Gasteiger partial charge on any atom is -0.0654 e. The number of benzene rings is 1. The fourth-order valence-electron chi connectivity index (χ4n) is 3.72. The van der Waals surface area contributed by atoms with Crippen LogP contribution < -0.4 is 0 Å². The molecule has 0 aromatic heterocycles. The summed E-state index contributed by atoms with van der Waals surface area (Å²) in [6.07, 6.45) is 11.4. The van der Waals surface area contributed by atoms with E-state index >= 15 is 0 Å². The second-order valence-electron chi connectivity index (χ2n) is 8.09. The molecule has 0 bridgehead atoms. The van der Waals surface area contributed by atoms with Gasteiger partial charge >= 0.3 is 0 Å². The highest BCUT2D eigenvalue weighted by Gasteiger charge is 2.22. The number of hydrogen-bond donors (Lipinski definition) is 0. The second kappa shape index (κ2) is 7.47. The van der Waals surface area contributed by atoms with Crippen LogP contribution in [0, 0.1) is 5.92 Å². The molecule has 0 nitrogen and oxygen atoms in total. The highest BCUT2D eigenvalue weighted by molar-refractivity contribution is 5.29. The van der Waals surface area contributed by atoms with Crippen molar-refractivity contribution in [1.29, 1.82) is 0 Å². The van der Waals surface area contributed by atoms with Gasteiger partial charge in [0, 0.05) is 0 Å². The van der Waals surface area contributed by atoms with E-state index in [1.165, 1.54) is 56.9 Å². The third kappa shape index (κ3) is 4.87. The molecule has 0 aliphatic heterocycles. The van der Waals surface area contributed by atoms with Crippen molar-refractivity contribution in [3.63, 3.8) is 0 Å². The lowest BCUT2D eigenvalue weighted by Crippen LogP contribution is -2.14. The summed E-state index contributed by atoms with van der Waals surface area (Å²) in [7, 11) is 0. The van der Waals surface area contributed by atoms with Crippen LogP contribution in [0.4, 0.5) is 0 Å². The average Bonchev–Trinajstić information content (AvgIpc) is 2.48. The maximum Gasteiger partial charge on any atom is -0.0132 e. The van der Waals surface area contributed by atoms with Gasteiger partial charge in [0.2, 0.25) is 0 Å². The van der Waals surface area contributed by atoms with Gasteiger partial charge in [-0.3, -0.25) is 0 Å². The van der Waals surface area contributed by atoms with E-state index in [2.05, 4.69) is 52.0 Å². The van der Waals surface area contributed by atoms with Crippen LogP contribution in [0.3, 0.4) is 0 Å². The highest BCUT2D eigenvalue weighted by Crippen LogP contribution is 2.38. The van der Waals surface area contributed by atoms with Crippen LogP contribution in [0.15, 0.2) is 24.3 Å². The van der Waals surface area contributed by atoms with Crippen LogP contribution in [-0.4, -0.2) is 0 Å². The van der Waals surface area contributed by atoms with Crippen LogP contribution in [-0.2, 0) is 5.41 Å². The molecular formula is C21H34. The van der Waals surface area contributed by atoms with Crippen LogP contribution in [0.2, 0.25) is 0 Å². The molecule has 0 saturated heterocycles. The van der Waals surface area contributed by atoms with Crippen molar-refractivity contribution in [2.45, 2.75) is 90.4 Å². The quantitative estimate of drug-likeness (QED) is 0.520. The Kier molecular flexibility index (Phi) is 5.90. The van der Waals surface area contributed by atoms with Gasteiger partial charge in [0.25, 0.3) is 0 Å². The molecule has 0 spiro atoms. The predicted molar refractivity (Wildman–Crippen MR) is 94.0 cm³/mol. The fraction of sp³-hybridized carbons (Fsp3) is 0.714. The van der Waals surface area contributed by atoms with E-state index < -0.39 is 0 Å². The molecule has 0 radical (unpaired) electrons. The first-order chi connectivity index (χ1) is 10.0. The molecule has 0 atom stereocenters. The average molecular weight is 287 g/mol. The summed E-state index contributed by atoms with van der Waals surface area (Å²) in [6, 6.07) is 9.48. The largest absolute Gasteiger partial charge is 0.0654 e. The predicted octanol–water partition coefficient (Wildman–Crippen LogP) is 6.84. The van der Waals surface area contributed by atoms with Crippen molar-refractivity contribution in [2.75, 3.05) is 0 Å². The van der Waals surface area contributed by atoms with Crippen molar-refractivity contribution in [2.24, 2.45) is 5.92 Å². The Labute approximate surface area is 132 Å². The van der Waals surface area contributed by atoms with E-state index in [1.807, 2.05) is 0 Å². The molecule has 0 heteroatoms. The molecule has 0 heterocycles. The molecule has 0 amide bonds. The number of unbranched alkanes of at least 4 members (excludes halogenated alkanes) is 2. The Hall–Kier alpha value is -0.780. The minimum absolute atomic E-state index is 0.273. The summed E-state index contributed by atoms with van der Waals surface area (Å²) in [4.78, 5) is 0. The molecule has 1 saturated carbocycles. The summed E-state index contributed by atoms with van der Waals surface area (Å²) in [6.45, 7) is 9.19. The molecule has 1 aliphatic carbocycles. The van der Waals surface area contributed by atoms with Gasteiger partial charge in [-0.1, -0.05) is 77.6 Å². The second-order valence-corrected chi connectivity index (χ2v) is 8.09. The van der Waals surface area contributed by atoms with E-state index in [9.17, 15) is 0 Å². The topological polar surface area (TPSA) is 0 Å². The Bertz CT molecular complexity index is 399. The maximum atomic E-state index is 2.39. The van der Waals surface area contributed by atoms with Gasteiger partial charge in [-0.15, -0.1) is 0 Å². The summed E-state index contributed by atoms with van der Waals surface area (Å²) in [5.41, 5.74) is 3.31. The molecule has 1 fully saturated rings. The fourth-order valence-corrected chi connectivity index (χ4v) is 3.72. The molecule has 21 heavy (non-hydrogen) atoms. The zero-order valence-electron chi connectivity index (χ0n) is 14.6.